The second-order valence-corrected chi connectivity index (χ2v) is 6.57. The Morgan fingerprint density at radius 2 is 1.79 bits per heavy atom. The molecule has 0 aliphatic heterocycles. The van der Waals surface area contributed by atoms with Crippen LogP contribution in [0, 0.1) is 13.8 Å². The van der Waals surface area contributed by atoms with E-state index in [1.807, 2.05) is 26.8 Å². The van der Waals surface area contributed by atoms with E-state index < -0.39 is 5.60 Å². The molecule has 0 heterocycles. The average molecular weight is 325 g/mol. The van der Waals surface area contributed by atoms with Crippen molar-refractivity contribution in [3.05, 3.63) is 45.4 Å². The summed E-state index contributed by atoms with van der Waals surface area (Å²) in [5.74, 6) is -0.292. The molecule has 0 unspecified atom stereocenters. The second kappa shape index (κ2) is 6.38. The molecular formula is C16H21BrO2. The molecular weight excluding hydrogens is 304 g/mol. The van der Waals surface area contributed by atoms with Gasteiger partial charge in [0.25, 0.3) is 0 Å². The van der Waals surface area contributed by atoms with Crippen molar-refractivity contribution in [1.82, 2.24) is 0 Å². The lowest BCUT2D eigenvalue weighted by atomic mass is 10.00. The highest BCUT2D eigenvalue weighted by Crippen LogP contribution is 2.21. The molecule has 0 saturated heterocycles. The number of ether oxygens (including phenoxy) is 1. The Morgan fingerprint density at radius 3 is 2.26 bits per heavy atom. The normalized spacial score (nSPS) is 11.9. The zero-order valence-corrected chi connectivity index (χ0v) is 13.8. The molecule has 1 rings (SSSR count). The number of aryl methyl sites for hydroxylation is 2. The van der Waals surface area contributed by atoms with Gasteiger partial charge in [-0.1, -0.05) is 22.0 Å². The Hall–Kier alpha value is -1.09. The van der Waals surface area contributed by atoms with Gasteiger partial charge in [0.05, 0.1) is 0 Å². The standard InChI is InChI=1S/C16H21BrO2/c1-11-9-13(17)10-12(2)14(11)7-6-8-15(18)19-16(3,4)5/h6,8-10H,7H2,1-5H3. The molecule has 0 fully saturated rings. The first-order valence-corrected chi connectivity index (χ1v) is 7.13. The Kier molecular flexibility index (Phi) is 5.36. The van der Waals surface area contributed by atoms with Crippen LogP contribution in [0.5, 0.6) is 0 Å². The maximum atomic E-state index is 11.6. The molecule has 0 atom stereocenters. The first-order valence-electron chi connectivity index (χ1n) is 6.34. The fourth-order valence-corrected chi connectivity index (χ4v) is 2.56. The van der Waals surface area contributed by atoms with Gasteiger partial charge in [-0.25, -0.2) is 4.79 Å². The number of carbonyl (C=O) groups excluding carboxylic acids is 1. The molecule has 0 aromatic heterocycles. The molecule has 0 bridgehead atoms. The zero-order chi connectivity index (χ0) is 14.6. The lowest BCUT2D eigenvalue weighted by Gasteiger charge is -2.18. The van der Waals surface area contributed by atoms with Crippen LogP contribution < -0.4 is 0 Å². The number of carbonyl (C=O) groups is 1. The molecule has 104 valence electrons. The number of esters is 1. The van der Waals surface area contributed by atoms with E-state index in [-0.39, 0.29) is 5.97 Å². The Labute approximate surface area is 124 Å². The maximum Gasteiger partial charge on any atom is 0.330 e. The van der Waals surface area contributed by atoms with Crippen LogP contribution in [-0.2, 0) is 16.0 Å². The minimum atomic E-state index is -0.440. The Morgan fingerprint density at radius 1 is 1.26 bits per heavy atom. The van der Waals surface area contributed by atoms with Gasteiger partial charge in [-0.2, -0.15) is 0 Å². The van der Waals surface area contributed by atoms with Crippen molar-refractivity contribution in [1.29, 1.82) is 0 Å². The SMILES string of the molecule is Cc1cc(Br)cc(C)c1CC=CC(=O)OC(C)(C)C. The zero-order valence-electron chi connectivity index (χ0n) is 12.2. The van der Waals surface area contributed by atoms with Crippen molar-refractivity contribution >= 4 is 21.9 Å². The van der Waals surface area contributed by atoms with Crippen LogP contribution in [0.25, 0.3) is 0 Å². The van der Waals surface area contributed by atoms with Crippen LogP contribution in [0.2, 0.25) is 0 Å². The smallest absolute Gasteiger partial charge is 0.330 e. The number of rotatable bonds is 3. The quantitative estimate of drug-likeness (QED) is 0.604. The minimum absolute atomic E-state index is 0.292. The van der Waals surface area contributed by atoms with Crippen LogP contribution in [0.15, 0.2) is 28.8 Å². The lowest BCUT2D eigenvalue weighted by Crippen LogP contribution is -2.22. The van der Waals surface area contributed by atoms with Crippen LogP contribution in [-0.4, -0.2) is 11.6 Å². The third-order valence-electron chi connectivity index (χ3n) is 2.64. The van der Waals surface area contributed by atoms with E-state index in [9.17, 15) is 4.79 Å². The molecule has 1 aromatic rings. The number of hydrogen-bond acceptors (Lipinski definition) is 2. The highest BCUT2D eigenvalue weighted by atomic mass is 79.9. The van der Waals surface area contributed by atoms with Crippen molar-refractivity contribution in [3.8, 4) is 0 Å². The maximum absolute atomic E-state index is 11.6. The Balaban J connectivity index is 2.70. The summed E-state index contributed by atoms with van der Waals surface area (Å²) in [4.78, 5) is 11.6. The average Bonchev–Trinajstić information content (AvgIpc) is 2.19. The van der Waals surface area contributed by atoms with Gasteiger partial charge in [0, 0.05) is 10.5 Å². The largest absolute Gasteiger partial charge is 0.457 e. The van der Waals surface area contributed by atoms with E-state index >= 15 is 0 Å². The molecule has 0 aliphatic carbocycles. The van der Waals surface area contributed by atoms with Gasteiger partial charge in [-0.15, -0.1) is 0 Å². The molecule has 0 radical (unpaired) electrons. The summed E-state index contributed by atoms with van der Waals surface area (Å²) in [5, 5.41) is 0. The van der Waals surface area contributed by atoms with Crippen LogP contribution in [0.4, 0.5) is 0 Å². The number of hydrogen-bond donors (Lipinski definition) is 0. The third-order valence-corrected chi connectivity index (χ3v) is 3.10. The van der Waals surface area contributed by atoms with E-state index in [1.165, 1.54) is 22.8 Å². The van der Waals surface area contributed by atoms with E-state index in [1.54, 1.807) is 0 Å². The third kappa shape index (κ3) is 5.60. The number of allylic oxidation sites excluding steroid dienone is 1. The summed E-state index contributed by atoms with van der Waals surface area (Å²) in [6.45, 7) is 9.74. The van der Waals surface area contributed by atoms with Gasteiger partial charge < -0.3 is 4.74 Å². The first kappa shape index (κ1) is 16.0. The highest BCUT2D eigenvalue weighted by Gasteiger charge is 2.13. The van der Waals surface area contributed by atoms with Crippen molar-refractivity contribution in [2.75, 3.05) is 0 Å². The minimum Gasteiger partial charge on any atom is -0.457 e. The van der Waals surface area contributed by atoms with Gasteiger partial charge in [0.1, 0.15) is 5.60 Å². The lowest BCUT2D eigenvalue weighted by molar-refractivity contribution is -0.148. The molecule has 0 saturated carbocycles. The molecule has 2 nitrogen and oxygen atoms in total. The van der Waals surface area contributed by atoms with Crippen LogP contribution in [0.1, 0.15) is 37.5 Å². The van der Waals surface area contributed by atoms with E-state index in [4.69, 9.17) is 4.74 Å². The predicted octanol–water partition coefficient (Wildman–Crippen LogP) is 4.51. The van der Waals surface area contributed by atoms with Crippen LogP contribution >= 0.6 is 15.9 Å². The van der Waals surface area contributed by atoms with E-state index in [2.05, 4.69) is 41.9 Å². The molecule has 0 amide bonds. The molecule has 0 aliphatic rings. The van der Waals surface area contributed by atoms with Crippen molar-refractivity contribution in [3.63, 3.8) is 0 Å². The molecule has 0 N–H and O–H groups in total. The molecule has 19 heavy (non-hydrogen) atoms. The fourth-order valence-electron chi connectivity index (χ4n) is 1.87. The summed E-state index contributed by atoms with van der Waals surface area (Å²) in [6.07, 6.45) is 4.10. The van der Waals surface area contributed by atoms with Crippen molar-refractivity contribution in [2.24, 2.45) is 0 Å². The van der Waals surface area contributed by atoms with Crippen molar-refractivity contribution < 1.29 is 9.53 Å². The topological polar surface area (TPSA) is 26.3 Å². The summed E-state index contributed by atoms with van der Waals surface area (Å²) in [6, 6.07) is 4.17. The first-order chi connectivity index (χ1) is 8.69. The monoisotopic (exact) mass is 324 g/mol. The number of halogens is 1. The number of benzene rings is 1. The fraction of sp³-hybridized carbons (Fsp3) is 0.438. The summed E-state index contributed by atoms with van der Waals surface area (Å²) in [5.41, 5.74) is 3.26. The van der Waals surface area contributed by atoms with E-state index in [0.29, 0.717) is 0 Å². The van der Waals surface area contributed by atoms with Gasteiger partial charge in [0.2, 0.25) is 0 Å². The van der Waals surface area contributed by atoms with Crippen LogP contribution in [0.3, 0.4) is 0 Å². The molecule has 1 aromatic carbocycles. The second-order valence-electron chi connectivity index (χ2n) is 5.66. The highest BCUT2D eigenvalue weighted by molar-refractivity contribution is 9.10. The molecule has 0 spiro atoms. The van der Waals surface area contributed by atoms with E-state index in [0.717, 1.165) is 10.9 Å². The van der Waals surface area contributed by atoms with Crippen molar-refractivity contribution in [2.45, 2.75) is 46.6 Å². The van der Waals surface area contributed by atoms with Gasteiger partial charge >= 0.3 is 5.97 Å². The summed E-state index contributed by atoms with van der Waals surface area (Å²) >= 11 is 3.48. The summed E-state index contributed by atoms with van der Waals surface area (Å²) in [7, 11) is 0. The Bertz CT molecular complexity index is 473. The molecule has 3 heteroatoms. The van der Waals surface area contributed by atoms with Gasteiger partial charge in [0.15, 0.2) is 0 Å². The van der Waals surface area contributed by atoms with Gasteiger partial charge in [-0.3, -0.25) is 0 Å². The predicted molar refractivity (Wildman–Crippen MR) is 82.3 cm³/mol. The summed E-state index contributed by atoms with van der Waals surface area (Å²) < 4.78 is 6.31. The van der Waals surface area contributed by atoms with Gasteiger partial charge in [-0.05, 0) is 69.9 Å².